The Bertz CT molecular complexity index is 236. The van der Waals surface area contributed by atoms with Crippen molar-refractivity contribution >= 4 is 12.1 Å². The number of allylic oxidation sites excluding steroid dienone is 4. The van der Waals surface area contributed by atoms with Gasteiger partial charge in [-0.2, -0.15) is 0 Å². The van der Waals surface area contributed by atoms with E-state index in [-0.39, 0.29) is 11.7 Å². The minimum Gasteiger partial charge on any atom is -0.299 e. The van der Waals surface area contributed by atoms with Crippen LogP contribution in [0.15, 0.2) is 23.8 Å². The normalized spacial score (nSPS) is 24.3. The summed E-state index contributed by atoms with van der Waals surface area (Å²) in [5, 5.41) is 0. The van der Waals surface area contributed by atoms with Crippen LogP contribution in [-0.4, -0.2) is 12.1 Å². The molecule has 1 unspecified atom stereocenters. The minimum atomic E-state index is -0.0831. The van der Waals surface area contributed by atoms with Crippen LogP contribution in [0.2, 0.25) is 0 Å². The zero-order valence-electron chi connectivity index (χ0n) is 6.41. The maximum Gasteiger partial charge on any atom is 0.165 e. The summed E-state index contributed by atoms with van der Waals surface area (Å²) in [7, 11) is 0. The van der Waals surface area contributed by atoms with Gasteiger partial charge in [0.25, 0.3) is 0 Å². The molecule has 1 aliphatic carbocycles. The summed E-state index contributed by atoms with van der Waals surface area (Å²) in [6, 6.07) is 0. The molecule has 0 saturated heterocycles. The van der Waals surface area contributed by atoms with Gasteiger partial charge in [0.2, 0.25) is 0 Å². The van der Waals surface area contributed by atoms with Crippen LogP contribution in [0, 0.1) is 5.92 Å². The molecule has 0 saturated carbocycles. The second kappa shape index (κ2) is 3.28. The lowest BCUT2D eigenvalue weighted by atomic mass is 10.0. The number of hydrogen-bond donors (Lipinski definition) is 0. The SMILES string of the molecule is CC1=CCC(/C=C\C=O)C1=O. The maximum absolute atomic E-state index is 11.2. The number of Topliss-reactive ketones (excluding diaryl/α,β-unsaturated/α-hetero) is 1. The molecule has 0 N–H and O–H groups in total. The summed E-state index contributed by atoms with van der Waals surface area (Å²) in [6.45, 7) is 1.80. The fourth-order valence-electron chi connectivity index (χ4n) is 1.15. The molecule has 0 aromatic rings. The third kappa shape index (κ3) is 1.64. The van der Waals surface area contributed by atoms with Crippen molar-refractivity contribution in [3.63, 3.8) is 0 Å². The fraction of sp³-hybridized carbons (Fsp3) is 0.333. The smallest absolute Gasteiger partial charge is 0.165 e. The molecule has 0 heterocycles. The number of ketones is 1. The molecule has 0 spiro atoms. The van der Waals surface area contributed by atoms with Gasteiger partial charge in [0.1, 0.15) is 6.29 Å². The summed E-state index contributed by atoms with van der Waals surface area (Å²) in [5.74, 6) is 0.0586. The first kappa shape index (κ1) is 7.92. The molecular weight excluding hydrogens is 140 g/mol. The molecule has 0 radical (unpaired) electrons. The third-order valence-electron chi connectivity index (χ3n) is 1.83. The van der Waals surface area contributed by atoms with Crippen molar-refractivity contribution in [2.75, 3.05) is 0 Å². The van der Waals surface area contributed by atoms with Crippen molar-refractivity contribution in [3.8, 4) is 0 Å². The summed E-state index contributed by atoms with van der Waals surface area (Å²) in [4.78, 5) is 21.1. The molecule has 0 amide bonds. The van der Waals surface area contributed by atoms with Crippen molar-refractivity contribution in [2.45, 2.75) is 13.3 Å². The van der Waals surface area contributed by atoms with Gasteiger partial charge < -0.3 is 0 Å². The molecule has 0 aromatic carbocycles. The van der Waals surface area contributed by atoms with E-state index in [1.807, 2.05) is 6.08 Å². The lowest BCUT2D eigenvalue weighted by Crippen LogP contribution is -2.05. The lowest BCUT2D eigenvalue weighted by molar-refractivity contribution is -0.117. The Morgan fingerprint density at radius 2 is 2.36 bits per heavy atom. The van der Waals surface area contributed by atoms with E-state index in [2.05, 4.69) is 0 Å². The van der Waals surface area contributed by atoms with E-state index in [0.29, 0.717) is 6.29 Å². The first-order valence-corrected chi connectivity index (χ1v) is 3.58. The highest BCUT2D eigenvalue weighted by Crippen LogP contribution is 2.21. The first-order valence-electron chi connectivity index (χ1n) is 3.58. The van der Waals surface area contributed by atoms with Crippen LogP contribution in [0.3, 0.4) is 0 Å². The van der Waals surface area contributed by atoms with E-state index in [9.17, 15) is 9.59 Å². The van der Waals surface area contributed by atoms with E-state index >= 15 is 0 Å². The summed E-state index contributed by atoms with van der Waals surface area (Å²) < 4.78 is 0. The Labute approximate surface area is 65.6 Å². The van der Waals surface area contributed by atoms with Crippen molar-refractivity contribution in [1.82, 2.24) is 0 Å². The van der Waals surface area contributed by atoms with Gasteiger partial charge in [0.15, 0.2) is 5.78 Å². The van der Waals surface area contributed by atoms with Crippen molar-refractivity contribution in [2.24, 2.45) is 5.92 Å². The van der Waals surface area contributed by atoms with Gasteiger partial charge >= 0.3 is 0 Å². The summed E-state index contributed by atoms with van der Waals surface area (Å²) >= 11 is 0. The summed E-state index contributed by atoms with van der Waals surface area (Å²) in [6.07, 6.45) is 6.38. The van der Waals surface area contributed by atoms with Gasteiger partial charge in [0.05, 0.1) is 0 Å². The molecular formula is C9H10O2. The Morgan fingerprint density at radius 3 is 2.82 bits per heavy atom. The highest BCUT2D eigenvalue weighted by Gasteiger charge is 2.21. The predicted octanol–water partition coefficient (Wildman–Crippen LogP) is 1.28. The predicted molar refractivity (Wildman–Crippen MR) is 42.1 cm³/mol. The molecule has 1 aliphatic rings. The number of rotatable bonds is 2. The van der Waals surface area contributed by atoms with Crippen LogP contribution >= 0.6 is 0 Å². The number of aldehydes is 1. The Morgan fingerprint density at radius 1 is 1.64 bits per heavy atom. The van der Waals surface area contributed by atoms with E-state index in [4.69, 9.17) is 0 Å². The molecule has 58 valence electrons. The van der Waals surface area contributed by atoms with E-state index in [0.717, 1.165) is 12.0 Å². The van der Waals surface area contributed by atoms with Crippen molar-refractivity contribution in [1.29, 1.82) is 0 Å². The van der Waals surface area contributed by atoms with Gasteiger partial charge in [0, 0.05) is 5.92 Å². The molecule has 0 fully saturated rings. The molecule has 11 heavy (non-hydrogen) atoms. The standard InChI is InChI=1S/C9H10O2/c1-7-4-5-8(9(7)11)3-2-6-10/h2-4,6,8H,5H2,1H3/b3-2-. The van der Waals surface area contributed by atoms with Crippen molar-refractivity contribution < 1.29 is 9.59 Å². The van der Waals surface area contributed by atoms with Crippen LogP contribution < -0.4 is 0 Å². The molecule has 2 nitrogen and oxygen atoms in total. The largest absolute Gasteiger partial charge is 0.299 e. The van der Waals surface area contributed by atoms with Gasteiger partial charge in [-0.3, -0.25) is 9.59 Å². The first-order chi connectivity index (χ1) is 5.25. The third-order valence-corrected chi connectivity index (χ3v) is 1.83. The minimum absolute atomic E-state index is 0.0831. The molecule has 0 bridgehead atoms. The Balaban J connectivity index is 2.61. The van der Waals surface area contributed by atoms with Crippen LogP contribution in [0.1, 0.15) is 13.3 Å². The van der Waals surface area contributed by atoms with Crippen LogP contribution in [0.25, 0.3) is 0 Å². The second-order valence-corrected chi connectivity index (χ2v) is 2.61. The van der Waals surface area contributed by atoms with Crippen LogP contribution in [0.5, 0.6) is 0 Å². The van der Waals surface area contributed by atoms with E-state index in [1.54, 1.807) is 13.0 Å². The molecule has 0 aliphatic heterocycles. The number of carbonyl (C=O) groups excluding carboxylic acids is 2. The monoisotopic (exact) mass is 150 g/mol. The topological polar surface area (TPSA) is 34.1 Å². The molecule has 1 rings (SSSR count). The highest BCUT2D eigenvalue weighted by atomic mass is 16.1. The van der Waals surface area contributed by atoms with Crippen molar-refractivity contribution in [3.05, 3.63) is 23.8 Å². The van der Waals surface area contributed by atoms with Crippen LogP contribution in [0.4, 0.5) is 0 Å². The molecule has 2 heteroatoms. The zero-order chi connectivity index (χ0) is 8.27. The van der Waals surface area contributed by atoms with Gasteiger partial charge in [-0.1, -0.05) is 12.2 Å². The maximum atomic E-state index is 11.2. The summed E-state index contributed by atoms with van der Waals surface area (Å²) in [5.41, 5.74) is 0.811. The Hall–Kier alpha value is -1.18. The lowest BCUT2D eigenvalue weighted by Gasteiger charge is -1.98. The van der Waals surface area contributed by atoms with Gasteiger partial charge in [-0.05, 0) is 25.0 Å². The quantitative estimate of drug-likeness (QED) is 0.439. The van der Waals surface area contributed by atoms with E-state index < -0.39 is 0 Å². The zero-order valence-corrected chi connectivity index (χ0v) is 6.41. The second-order valence-electron chi connectivity index (χ2n) is 2.61. The average Bonchev–Trinajstić information content (AvgIpc) is 2.31. The molecule has 1 atom stereocenters. The highest BCUT2D eigenvalue weighted by molar-refractivity contribution is 6.00. The van der Waals surface area contributed by atoms with E-state index in [1.165, 1.54) is 6.08 Å². The molecule has 0 aromatic heterocycles. The number of hydrogen-bond acceptors (Lipinski definition) is 2. The Kier molecular flexibility index (Phi) is 2.36. The number of carbonyl (C=O) groups is 2. The van der Waals surface area contributed by atoms with Crippen LogP contribution in [-0.2, 0) is 9.59 Å². The van der Waals surface area contributed by atoms with Gasteiger partial charge in [-0.15, -0.1) is 0 Å². The fourth-order valence-corrected chi connectivity index (χ4v) is 1.15. The average molecular weight is 150 g/mol. The van der Waals surface area contributed by atoms with Gasteiger partial charge in [-0.25, -0.2) is 0 Å².